The molecule has 2 heterocycles. The minimum Gasteiger partial charge on any atom is -0.333 e. The lowest BCUT2D eigenvalue weighted by Crippen LogP contribution is -1.95. The van der Waals surface area contributed by atoms with Crippen LogP contribution in [0.5, 0.6) is 0 Å². The zero-order valence-electron chi connectivity index (χ0n) is 10.2. The Kier molecular flexibility index (Phi) is 3.13. The molecule has 3 aromatic rings. The van der Waals surface area contributed by atoms with Gasteiger partial charge >= 0.3 is 0 Å². The highest BCUT2D eigenvalue weighted by Gasteiger charge is 2.14. The number of aromatic nitrogens is 3. The summed E-state index contributed by atoms with van der Waals surface area (Å²) in [6.07, 6.45) is 0. The number of halogens is 3. The van der Waals surface area contributed by atoms with Crippen LogP contribution < -0.4 is 0 Å². The number of aromatic amines is 1. The first-order valence-electron chi connectivity index (χ1n) is 5.69. The van der Waals surface area contributed by atoms with Gasteiger partial charge in [0.1, 0.15) is 5.03 Å². The Morgan fingerprint density at radius 2 is 1.85 bits per heavy atom. The number of pyridine rings is 1. The maximum absolute atomic E-state index is 13.5. The molecular weight excluding hydrogens is 287 g/mol. The van der Waals surface area contributed by atoms with Crippen molar-refractivity contribution in [2.24, 2.45) is 0 Å². The van der Waals surface area contributed by atoms with Crippen molar-refractivity contribution in [1.29, 1.82) is 0 Å². The predicted molar refractivity (Wildman–Crippen MR) is 69.1 cm³/mol. The van der Waals surface area contributed by atoms with Crippen molar-refractivity contribution in [3.05, 3.63) is 47.4 Å². The van der Waals surface area contributed by atoms with E-state index in [0.29, 0.717) is 16.7 Å². The number of nitrogens with one attached hydrogen (secondary N) is 1. The van der Waals surface area contributed by atoms with Gasteiger partial charge in [-0.2, -0.15) is 4.39 Å². The third kappa shape index (κ3) is 2.36. The summed E-state index contributed by atoms with van der Waals surface area (Å²) in [6.45, 7) is 1.93. The van der Waals surface area contributed by atoms with Crippen molar-refractivity contribution in [3.8, 4) is 0 Å². The number of fused-ring (bicyclic) bond motifs is 1. The van der Waals surface area contributed by atoms with E-state index in [1.807, 2.05) is 25.1 Å². The number of rotatable bonds is 2. The van der Waals surface area contributed by atoms with Gasteiger partial charge in [-0.05, 0) is 36.4 Å². The van der Waals surface area contributed by atoms with Crippen LogP contribution in [0.1, 0.15) is 5.56 Å². The van der Waals surface area contributed by atoms with Crippen LogP contribution in [0.3, 0.4) is 0 Å². The van der Waals surface area contributed by atoms with Gasteiger partial charge in [-0.25, -0.2) is 18.7 Å². The van der Waals surface area contributed by atoms with Crippen LogP contribution in [0.2, 0.25) is 0 Å². The zero-order chi connectivity index (χ0) is 14.3. The number of hydrogen-bond acceptors (Lipinski definition) is 3. The SMILES string of the molecule is Cc1ccc2nc(Sc3nc(F)c(F)cc3F)[nH]c2c1. The van der Waals surface area contributed by atoms with Gasteiger partial charge in [0.15, 0.2) is 16.8 Å². The molecule has 0 saturated carbocycles. The Morgan fingerprint density at radius 1 is 1.05 bits per heavy atom. The Labute approximate surface area is 116 Å². The third-order valence-corrected chi connectivity index (χ3v) is 3.53. The average molecular weight is 295 g/mol. The summed E-state index contributed by atoms with van der Waals surface area (Å²) < 4.78 is 39.3. The largest absolute Gasteiger partial charge is 0.333 e. The maximum atomic E-state index is 13.5. The molecule has 0 saturated heterocycles. The highest BCUT2D eigenvalue weighted by Crippen LogP contribution is 2.28. The van der Waals surface area contributed by atoms with Crippen LogP contribution in [-0.2, 0) is 0 Å². The lowest BCUT2D eigenvalue weighted by atomic mass is 10.2. The molecule has 0 bridgehead atoms. The standard InChI is InChI=1S/C13H8F3N3S/c1-6-2-3-9-10(4-6)18-13(17-9)20-12-8(15)5-7(14)11(16)19-12/h2-5H,1H3,(H,17,18). The second-order valence-electron chi connectivity index (χ2n) is 4.21. The molecule has 0 fully saturated rings. The van der Waals surface area contributed by atoms with Crippen molar-refractivity contribution in [2.75, 3.05) is 0 Å². The van der Waals surface area contributed by atoms with E-state index in [0.717, 1.165) is 22.8 Å². The number of imidazole rings is 1. The van der Waals surface area contributed by atoms with Gasteiger partial charge in [-0.3, -0.25) is 0 Å². The average Bonchev–Trinajstić information content (AvgIpc) is 2.77. The van der Waals surface area contributed by atoms with E-state index in [-0.39, 0.29) is 5.03 Å². The summed E-state index contributed by atoms with van der Waals surface area (Å²) in [5, 5.41) is 0.0997. The maximum Gasteiger partial charge on any atom is 0.250 e. The summed E-state index contributed by atoms with van der Waals surface area (Å²) in [7, 11) is 0. The first kappa shape index (κ1) is 13.0. The Morgan fingerprint density at radius 3 is 2.65 bits per heavy atom. The van der Waals surface area contributed by atoms with Gasteiger partial charge < -0.3 is 4.98 Å². The fourth-order valence-electron chi connectivity index (χ4n) is 1.74. The first-order chi connectivity index (χ1) is 9.52. The monoisotopic (exact) mass is 295 g/mol. The number of benzene rings is 1. The van der Waals surface area contributed by atoms with Crippen LogP contribution >= 0.6 is 11.8 Å². The second-order valence-corrected chi connectivity index (χ2v) is 5.19. The molecule has 1 N–H and O–H groups in total. The van der Waals surface area contributed by atoms with E-state index < -0.39 is 17.6 Å². The molecule has 0 spiro atoms. The van der Waals surface area contributed by atoms with Crippen molar-refractivity contribution < 1.29 is 13.2 Å². The van der Waals surface area contributed by atoms with Crippen LogP contribution in [0.15, 0.2) is 34.4 Å². The molecule has 20 heavy (non-hydrogen) atoms. The second kappa shape index (κ2) is 4.82. The van der Waals surface area contributed by atoms with E-state index >= 15 is 0 Å². The molecule has 3 rings (SSSR count). The van der Waals surface area contributed by atoms with Gasteiger partial charge in [0.2, 0.25) is 5.95 Å². The summed E-state index contributed by atoms with van der Waals surface area (Å²) in [6, 6.07) is 6.08. The molecule has 0 atom stereocenters. The molecule has 2 aromatic heterocycles. The molecular formula is C13H8F3N3S. The fourth-order valence-corrected chi connectivity index (χ4v) is 2.51. The third-order valence-electron chi connectivity index (χ3n) is 2.66. The minimum absolute atomic E-state index is 0.264. The van der Waals surface area contributed by atoms with E-state index in [1.54, 1.807) is 0 Å². The van der Waals surface area contributed by atoms with Gasteiger partial charge in [0.25, 0.3) is 0 Å². The predicted octanol–water partition coefficient (Wildman–Crippen LogP) is 3.83. The fraction of sp³-hybridized carbons (Fsp3) is 0.0769. The van der Waals surface area contributed by atoms with Crippen molar-refractivity contribution in [1.82, 2.24) is 15.0 Å². The first-order valence-corrected chi connectivity index (χ1v) is 6.50. The Balaban J connectivity index is 1.99. The molecule has 3 nitrogen and oxygen atoms in total. The van der Waals surface area contributed by atoms with Crippen LogP contribution in [-0.4, -0.2) is 15.0 Å². The number of aryl methyl sites for hydroxylation is 1. The van der Waals surface area contributed by atoms with Gasteiger partial charge in [0, 0.05) is 6.07 Å². The molecule has 0 unspecified atom stereocenters. The molecule has 0 aliphatic heterocycles. The van der Waals surface area contributed by atoms with Gasteiger partial charge in [-0.15, -0.1) is 0 Å². The topological polar surface area (TPSA) is 41.6 Å². The van der Waals surface area contributed by atoms with E-state index in [2.05, 4.69) is 15.0 Å². The normalized spacial score (nSPS) is 11.2. The smallest absolute Gasteiger partial charge is 0.250 e. The van der Waals surface area contributed by atoms with Crippen LogP contribution in [0.25, 0.3) is 11.0 Å². The van der Waals surface area contributed by atoms with Gasteiger partial charge in [0.05, 0.1) is 11.0 Å². The summed E-state index contributed by atoms with van der Waals surface area (Å²) in [5.41, 5.74) is 2.55. The molecule has 0 aliphatic rings. The quantitative estimate of drug-likeness (QED) is 0.730. The molecule has 1 aromatic carbocycles. The molecule has 7 heteroatoms. The number of H-pyrrole nitrogens is 1. The van der Waals surface area contributed by atoms with Gasteiger partial charge in [-0.1, -0.05) is 6.07 Å². The Hall–Kier alpha value is -2.02. The Bertz CT molecular complexity index is 801. The van der Waals surface area contributed by atoms with Crippen LogP contribution in [0, 0.1) is 24.5 Å². The van der Waals surface area contributed by atoms with E-state index in [4.69, 9.17) is 0 Å². The van der Waals surface area contributed by atoms with E-state index in [9.17, 15) is 13.2 Å². The number of hydrogen-bond donors (Lipinski definition) is 1. The summed E-state index contributed by atoms with van der Waals surface area (Å²) in [5.74, 6) is -3.57. The minimum atomic E-state index is -1.33. The van der Waals surface area contributed by atoms with Crippen LogP contribution in [0.4, 0.5) is 13.2 Å². The summed E-state index contributed by atoms with van der Waals surface area (Å²) >= 11 is 0.809. The highest BCUT2D eigenvalue weighted by atomic mass is 32.2. The molecule has 0 radical (unpaired) electrons. The molecule has 0 aliphatic carbocycles. The number of nitrogens with zero attached hydrogens (tertiary/aromatic N) is 2. The highest BCUT2D eigenvalue weighted by molar-refractivity contribution is 7.99. The zero-order valence-corrected chi connectivity index (χ0v) is 11.1. The summed E-state index contributed by atoms with van der Waals surface area (Å²) in [4.78, 5) is 10.4. The lowest BCUT2D eigenvalue weighted by Gasteiger charge is -2.00. The molecule has 0 amide bonds. The van der Waals surface area contributed by atoms with Crippen molar-refractivity contribution in [2.45, 2.75) is 17.1 Å². The molecule has 102 valence electrons. The van der Waals surface area contributed by atoms with Crippen molar-refractivity contribution >= 4 is 22.8 Å². The van der Waals surface area contributed by atoms with Crippen molar-refractivity contribution in [3.63, 3.8) is 0 Å². The lowest BCUT2D eigenvalue weighted by molar-refractivity contribution is 0.448. The van der Waals surface area contributed by atoms with E-state index in [1.165, 1.54) is 0 Å².